The van der Waals surface area contributed by atoms with Gasteiger partial charge in [-0.3, -0.25) is 4.90 Å². The molecule has 0 spiro atoms. The number of hydrogen-bond donors (Lipinski definition) is 1. The normalized spacial score (nSPS) is 17.1. The fraction of sp³-hybridized carbons (Fsp3) is 0.562. The summed E-state index contributed by atoms with van der Waals surface area (Å²) in [6, 6.07) is 5.47. The molecular formula is C16H24N2O2. The highest BCUT2D eigenvalue weighted by atomic mass is 16.5. The zero-order valence-electron chi connectivity index (χ0n) is 12.4. The molecule has 0 aromatic heterocycles. The van der Waals surface area contributed by atoms with Crippen molar-refractivity contribution >= 4 is 11.7 Å². The van der Waals surface area contributed by atoms with E-state index in [9.17, 15) is 4.79 Å². The quantitative estimate of drug-likeness (QED) is 0.678. The molecule has 4 heteroatoms. The van der Waals surface area contributed by atoms with E-state index in [-0.39, 0.29) is 5.97 Å². The second-order valence-corrected chi connectivity index (χ2v) is 5.59. The topological polar surface area (TPSA) is 55.6 Å². The third kappa shape index (κ3) is 3.73. The average Bonchev–Trinajstić information content (AvgIpc) is 2.43. The molecule has 2 rings (SSSR count). The summed E-state index contributed by atoms with van der Waals surface area (Å²) in [6.07, 6.45) is 2.50. The van der Waals surface area contributed by atoms with Crippen molar-refractivity contribution in [2.24, 2.45) is 5.92 Å². The fourth-order valence-electron chi connectivity index (χ4n) is 2.54. The minimum absolute atomic E-state index is 0.308. The largest absolute Gasteiger partial charge is 0.462 e. The van der Waals surface area contributed by atoms with Crippen LogP contribution >= 0.6 is 0 Å². The minimum atomic E-state index is -0.308. The van der Waals surface area contributed by atoms with Crippen molar-refractivity contribution in [1.82, 2.24) is 4.90 Å². The lowest BCUT2D eigenvalue weighted by molar-refractivity contribution is 0.0526. The molecule has 20 heavy (non-hydrogen) atoms. The molecule has 0 saturated carbocycles. The maximum Gasteiger partial charge on any atom is 0.338 e. The molecule has 1 aliphatic rings. The second kappa shape index (κ2) is 6.75. The highest BCUT2D eigenvalue weighted by molar-refractivity contribution is 5.90. The predicted molar refractivity (Wildman–Crippen MR) is 80.5 cm³/mol. The summed E-state index contributed by atoms with van der Waals surface area (Å²) in [5.41, 5.74) is 8.36. The Kier molecular flexibility index (Phi) is 5.01. The molecule has 2 N–H and O–H groups in total. The molecule has 1 saturated heterocycles. The molecule has 0 amide bonds. The number of anilines is 1. The lowest BCUT2D eigenvalue weighted by Gasteiger charge is -2.30. The molecule has 1 aliphatic heterocycles. The predicted octanol–water partition coefficient (Wildman–Crippen LogP) is 2.68. The van der Waals surface area contributed by atoms with Gasteiger partial charge < -0.3 is 10.5 Å². The Morgan fingerprint density at radius 2 is 2.10 bits per heavy atom. The van der Waals surface area contributed by atoms with Gasteiger partial charge in [0.1, 0.15) is 0 Å². The van der Waals surface area contributed by atoms with Crippen LogP contribution in [0.5, 0.6) is 0 Å². The Bertz CT molecular complexity index is 466. The first kappa shape index (κ1) is 14.9. The number of carbonyl (C=O) groups excluding carboxylic acids is 1. The van der Waals surface area contributed by atoms with Crippen molar-refractivity contribution in [1.29, 1.82) is 0 Å². The van der Waals surface area contributed by atoms with E-state index >= 15 is 0 Å². The van der Waals surface area contributed by atoms with Crippen molar-refractivity contribution < 1.29 is 9.53 Å². The van der Waals surface area contributed by atoms with Crippen molar-refractivity contribution in [2.45, 2.75) is 33.2 Å². The van der Waals surface area contributed by atoms with Crippen molar-refractivity contribution in [3.63, 3.8) is 0 Å². The first-order valence-corrected chi connectivity index (χ1v) is 7.38. The number of ether oxygens (including phenoxy) is 1. The first-order chi connectivity index (χ1) is 9.60. The maximum absolute atomic E-state index is 11.6. The van der Waals surface area contributed by atoms with E-state index in [1.54, 1.807) is 19.1 Å². The van der Waals surface area contributed by atoms with Gasteiger partial charge in [-0.05, 0) is 56.5 Å². The molecule has 1 fully saturated rings. The van der Waals surface area contributed by atoms with Crippen LogP contribution in [-0.2, 0) is 11.3 Å². The Hall–Kier alpha value is -1.55. The Balaban J connectivity index is 2.00. The van der Waals surface area contributed by atoms with Crippen LogP contribution in [0.2, 0.25) is 0 Å². The Morgan fingerprint density at radius 3 is 2.70 bits per heavy atom. The average molecular weight is 276 g/mol. The van der Waals surface area contributed by atoms with Crippen LogP contribution < -0.4 is 5.73 Å². The van der Waals surface area contributed by atoms with Gasteiger partial charge in [-0.2, -0.15) is 0 Å². The molecule has 0 radical (unpaired) electrons. The summed E-state index contributed by atoms with van der Waals surface area (Å²) in [6.45, 7) is 7.60. The Morgan fingerprint density at radius 1 is 1.40 bits per heavy atom. The highest BCUT2D eigenvalue weighted by Gasteiger charge is 2.17. The number of carbonyl (C=O) groups is 1. The number of nitrogens with two attached hydrogens (primary N) is 1. The fourth-order valence-corrected chi connectivity index (χ4v) is 2.54. The van der Waals surface area contributed by atoms with Crippen LogP contribution in [0.3, 0.4) is 0 Å². The zero-order valence-corrected chi connectivity index (χ0v) is 12.4. The van der Waals surface area contributed by atoms with Crippen LogP contribution in [0.25, 0.3) is 0 Å². The van der Waals surface area contributed by atoms with Gasteiger partial charge in [-0.15, -0.1) is 0 Å². The van der Waals surface area contributed by atoms with Crippen LogP contribution in [0.1, 0.15) is 42.6 Å². The van der Waals surface area contributed by atoms with E-state index in [1.165, 1.54) is 12.8 Å². The summed E-state index contributed by atoms with van der Waals surface area (Å²) in [5.74, 6) is 0.521. The van der Waals surface area contributed by atoms with Gasteiger partial charge in [0.05, 0.1) is 12.2 Å². The molecule has 0 aliphatic carbocycles. The molecule has 0 atom stereocenters. The smallest absolute Gasteiger partial charge is 0.338 e. The SMILES string of the molecule is CCOC(=O)c1ccc(CN2CCC(C)CC2)c(N)c1. The van der Waals surface area contributed by atoms with Gasteiger partial charge in [-0.1, -0.05) is 13.0 Å². The van der Waals surface area contributed by atoms with E-state index in [1.807, 2.05) is 6.07 Å². The Labute approximate surface area is 120 Å². The van der Waals surface area contributed by atoms with Gasteiger partial charge in [0, 0.05) is 12.2 Å². The molecular weight excluding hydrogens is 252 g/mol. The summed E-state index contributed by atoms with van der Waals surface area (Å²) < 4.78 is 4.98. The molecule has 1 aromatic rings. The number of piperidine rings is 1. The third-order valence-corrected chi connectivity index (χ3v) is 3.93. The number of hydrogen-bond acceptors (Lipinski definition) is 4. The lowest BCUT2D eigenvalue weighted by atomic mass is 9.98. The van der Waals surface area contributed by atoms with E-state index in [0.29, 0.717) is 17.9 Å². The maximum atomic E-state index is 11.6. The monoisotopic (exact) mass is 276 g/mol. The molecule has 1 aromatic carbocycles. The van der Waals surface area contributed by atoms with Gasteiger partial charge in [0.15, 0.2) is 0 Å². The lowest BCUT2D eigenvalue weighted by Crippen LogP contribution is -2.32. The number of benzene rings is 1. The third-order valence-electron chi connectivity index (χ3n) is 3.93. The van der Waals surface area contributed by atoms with Gasteiger partial charge in [-0.25, -0.2) is 4.79 Å². The van der Waals surface area contributed by atoms with Gasteiger partial charge >= 0.3 is 5.97 Å². The summed E-state index contributed by atoms with van der Waals surface area (Å²) >= 11 is 0. The van der Waals surface area contributed by atoms with Crippen LogP contribution in [-0.4, -0.2) is 30.6 Å². The van der Waals surface area contributed by atoms with Crippen molar-refractivity contribution in [3.05, 3.63) is 29.3 Å². The second-order valence-electron chi connectivity index (χ2n) is 5.59. The van der Waals surface area contributed by atoms with Crippen LogP contribution in [0.4, 0.5) is 5.69 Å². The van der Waals surface area contributed by atoms with E-state index in [4.69, 9.17) is 10.5 Å². The van der Waals surface area contributed by atoms with Crippen LogP contribution in [0, 0.1) is 5.92 Å². The minimum Gasteiger partial charge on any atom is -0.462 e. The van der Waals surface area contributed by atoms with E-state index in [2.05, 4.69) is 11.8 Å². The van der Waals surface area contributed by atoms with Crippen molar-refractivity contribution in [2.75, 3.05) is 25.4 Å². The molecule has 4 nitrogen and oxygen atoms in total. The number of nitrogen functional groups attached to an aromatic ring is 1. The number of likely N-dealkylation sites (tertiary alicyclic amines) is 1. The standard InChI is InChI=1S/C16H24N2O2/c1-3-20-16(19)13-4-5-14(15(17)10-13)11-18-8-6-12(2)7-9-18/h4-5,10,12H,3,6-9,11,17H2,1-2H3. The van der Waals surface area contributed by atoms with Crippen molar-refractivity contribution in [3.8, 4) is 0 Å². The van der Waals surface area contributed by atoms with E-state index < -0.39 is 0 Å². The van der Waals surface area contributed by atoms with Gasteiger partial charge in [0.2, 0.25) is 0 Å². The first-order valence-electron chi connectivity index (χ1n) is 7.38. The van der Waals surface area contributed by atoms with Crippen LogP contribution in [0.15, 0.2) is 18.2 Å². The molecule has 0 bridgehead atoms. The number of esters is 1. The summed E-state index contributed by atoms with van der Waals surface area (Å²) in [4.78, 5) is 14.1. The number of rotatable bonds is 4. The molecule has 0 unspecified atom stereocenters. The zero-order chi connectivity index (χ0) is 14.5. The highest BCUT2D eigenvalue weighted by Crippen LogP contribution is 2.21. The summed E-state index contributed by atoms with van der Waals surface area (Å²) in [7, 11) is 0. The number of nitrogens with zero attached hydrogens (tertiary/aromatic N) is 1. The molecule has 110 valence electrons. The van der Waals surface area contributed by atoms with Gasteiger partial charge in [0.25, 0.3) is 0 Å². The molecule has 1 heterocycles. The van der Waals surface area contributed by atoms with E-state index in [0.717, 1.165) is 31.1 Å². The summed E-state index contributed by atoms with van der Waals surface area (Å²) in [5, 5.41) is 0.